The molecule has 0 spiro atoms. The lowest BCUT2D eigenvalue weighted by Gasteiger charge is -2.11. The minimum Gasteiger partial charge on any atom is -0.493 e. The first-order valence-corrected chi connectivity index (χ1v) is 11.1. The Morgan fingerprint density at radius 3 is 2.55 bits per heavy atom. The predicted molar refractivity (Wildman–Crippen MR) is 131 cm³/mol. The van der Waals surface area contributed by atoms with Crippen molar-refractivity contribution in [1.82, 2.24) is 9.55 Å². The van der Waals surface area contributed by atoms with Gasteiger partial charge < -0.3 is 9.30 Å². The third-order valence-electron chi connectivity index (χ3n) is 5.57. The minimum atomic E-state index is 0.715. The van der Waals surface area contributed by atoms with E-state index in [1.165, 1.54) is 11.1 Å². The van der Waals surface area contributed by atoms with Gasteiger partial charge in [0.2, 0.25) is 0 Å². The van der Waals surface area contributed by atoms with Crippen LogP contribution in [-0.4, -0.2) is 16.2 Å². The van der Waals surface area contributed by atoms with Crippen molar-refractivity contribution in [3.05, 3.63) is 94.3 Å². The molecule has 1 aromatic heterocycles. The largest absolute Gasteiger partial charge is 0.493 e. The molecule has 0 bridgehead atoms. The number of para-hydroxylation sites is 2. The lowest BCUT2D eigenvalue weighted by molar-refractivity contribution is 0.301. The highest BCUT2D eigenvalue weighted by molar-refractivity contribution is 6.30. The molecule has 4 aromatic rings. The van der Waals surface area contributed by atoms with E-state index in [9.17, 15) is 0 Å². The number of fused-ring (bicyclic) bond motifs is 1. The molecule has 0 N–H and O–H groups in total. The van der Waals surface area contributed by atoms with Crippen molar-refractivity contribution in [3.8, 4) is 5.75 Å². The number of nitrogens with zero attached hydrogens (tertiary/aromatic N) is 2. The molecule has 0 unspecified atom stereocenters. The maximum absolute atomic E-state index is 6.02. The number of aryl methyl sites for hydroxylation is 2. The summed E-state index contributed by atoms with van der Waals surface area (Å²) in [6, 6.07) is 22.3. The van der Waals surface area contributed by atoms with Crippen molar-refractivity contribution in [2.75, 3.05) is 6.61 Å². The number of benzene rings is 3. The number of hydrogen-bond acceptors (Lipinski definition) is 2. The van der Waals surface area contributed by atoms with Crippen LogP contribution in [0.15, 0.2) is 66.7 Å². The lowest BCUT2D eigenvalue weighted by Crippen LogP contribution is -2.04. The van der Waals surface area contributed by atoms with Gasteiger partial charge in [0, 0.05) is 11.6 Å². The molecule has 3 aromatic carbocycles. The quantitative estimate of drug-likeness (QED) is 0.273. The van der Waals surface area contributed by atoms with Gasteiger partial charge in [-0.15, -0.1) is 0 Å². The summed E-state index contributed by atoms with van der Waals surface area (Å²) < 4.78 is 8.31. The highest BCUT2D eigenvalue weighted by Crippen LogP contribution is 2.22. The van der Waals surface area contributed by atoms with Gasteiger partial charge in [-0.1, -0.05) is 54.1 Å². The molecule has 158 valence electrons. The van der Waals surface area contributed by atoms with Crippen LogP contribution in [0.4, 0.5) is 0 Å². The van der Waals surface area contributed by atoms with Gasteiger partial charge in [0.1, 0.15) is 11.6 Å². The van der Waals surface area contributed by atoms with E-state index < -0.39 is 0 Å². The second kappa shape index (κ2) is 9.84. The van der Waals surface area contributed by atoms with Gasteiger partial charge in [0.25, 0.3) is 0 Å². The van der Waals surface area contributed by atoms with Gasteiger partial charge in [-0.05, 0) is 79.8 Å². The molecule has 31 heavy (non-hydrogen) atoms. The number of halogens is 1. The molecule has 0 aliphatic rings. The van der Waals surface area contributed by atoms with Crippen LogP contribution >= 0.6 is 11.6 Å². The van der Waals surface area contributed by atoms with Gasteiger partial charge in [0.05, 0.1) is 17.6 Å². The topological polar surface area (TPSA) is 27.1 Å². The molecule has 4 heteroatoms. The van der Waals surface area contributed by atoms with Gasteiger partial charge in [0.15, 0.2) is 0 Å². The smallest absolute Gasteiger partial charge is 0.133 e. The Hall–Kier alpha value is -3.04. The average molecular weight is 431 g/mol. The summed E-state index contributed by atoms with van der Waals surface area (Å²) in [6.07, 6.45) is 6.17. The van der Waals surface area contributed by atoms with Crippen LogP contribution in [0.2, 0.25) is 5.02 Å². The van der Waals surface area contributed by atoms with E-state index in [-0.39, 0.29) is 0 Å². The Morgan fingerprint density at radius 1 is 0.903 bits per heavy atom. The van der Waals surface area contributed by atoms with Gasteiger partial charge in [-0.2, -0.15) is 0 Å². The Balaban J connectivity index is 1.43. The Bertz CT molecular complexity index is 1190. The predicted octanol–water partition coefficient (Wildman–Crippen LogP) is 7.34. The highest BCUT2D eigenvalue weighted by Gasteiger charge is 2.08. The second-order valence-electron chi connectivity index (χ2n) is 7.75. The van der Waals surface area contributed by atoms with Crippen LogP contribution in [0.3, 0.4) is 0 Å². The third kappa shape index (κ3) is 5.18. The molecule has 0 fully saturated rings. The highest BCUT2D eigenvalue weighted by atomic mass is 35.5. The molecular weight excluding hydrogens is 404 g/mol. The minimum absolute atomic E-state index is 0.715. The maximum atomic E-state index is 6.02. The van der Waals surface area contributed by atoms with Gasteiger partial charge in [-0.25, -0.2) is 4.98 Å². The first kappa shape index (κ1) is 21.2. The fraction of sp³-hybridized carbons (Fsp3) is 0.222. The zero-order valence-corrected chi connectivity index (χ0v) is 18.8. The van der Waals surface area contributed by atoms with E-state index in [4.69, 9.17) is 21.3 Å². The Morgan fingerprint density at radius 2 is 1.71 bits per heavy atom. The van der Waals surface area contributed by atoms with E-state index in [1.807, 2.05) is 36.4 Å². The van der Waals surface area contributed by atoms with Crippen molar-refractivity contribution < 1.29 is 4.74 Å². The lowest BCUT2D eigenvalue weighted by atomic mass is 10.1. The first-order valence-electron chi connectivity index (χ1n) is 10.7. The first-order chi connectivity index (χ1) is 15.1. The molecule has 1 heterocycles. The van der Waals surface area contributed by atoms with Gasteiger partial charge in [-0.3, -0.25) is 0 Å². The van der Waals surface area contributed by atoms with Gasteiger partial charge >= 0.3 is 0 Å². The molecule has 0 atom stereocenters. The molecule has 0 amide bonds. The number of aromatic nitrogens is 2. The Labute approximate surface area is 189 Å². The molecule has 0 aliphatic carbocycles. The third-order valence-corrected chi connectivity index (χ3v) is 5.82. The normalized spacial score (nSPS) is 11.5. The number of unbranched alkanes of at least 4 members (excludes halogenated alkanes) is 1. The van der Waals surface area contributed by atoms with Crippen molar-refractivity contribution in [2.45, 2.75) is 33.2 Å². The summed E-state index contributed by atoms with van der Waals surface area (Å²) >= 11 is 5.99. The van der Waals surface area contributed by atoms with Crippen molar-refractivity contribution >= 4 is 34.8 Å². The van der Waals surface area contributed by atoms with Crippen molar-refractivity contribution in [3.63, 3.8) is 0 Å². The summed E-state index contributed by atoms with van der Waals surface area (Å²) in [5, 5.41) is 0.743. The standard InChI is InChI=1S/C27H27ClN2O/c1-20-8-7-11-26(21(20)2)31-19-6-5-18-30-25-10-4-3-9-24(25)29-27(30)17-14-22-12-15-23(28)16-13-22/h3-4,7-17H,5-6,18-19H2,1-2H3/b17-14+. The number of ether oxygens (including phenoxy) is 1. The zero-order chi connectivity index (χ0) is 21.6. The van der Waals surface area contributed by atoms with E-state index >= 15 is 0 Å². The number of hydrogen-bond donors (Lipinski definition) is 0. The molecule has 0 aliphatic heterocycles. The molecule has 0 saturated heterocycles. The average Bonchev–Trinajstić information content (AvgIpc) is 3.13. The number of imidazole rings is 1. The van der Waals surface area contributed by atoms with E-state index in [2.05, 4.69) is 60.9 Å². The van der Waals surface area contributed by atoms with Crippen LogP contribution in [0, 0.1) is 13.8 Å². The van der Waals surface area contributed by atoms with Crippen LogP contribution < -0.4 is 4.74 Å². The van der Waals surface area contributed by atoms with Crippen LogP contribution in [-0.2, 0) is 6.54 Å². The van der Waals surface area contributed by atoms with Crippen LogP contribution in [0.1, 0.15) is 35.4 Å². The zero-order valence-electron chi connectivity index (χ0n) is 18.0. The van der Waals surface area contributed by atoms with E-state index in [1.54, 1.807) is 0 Å². The molecule has 3 nitrogen and oxygen atoms in total. The second-order valence-corrected chi connectivity index (χ2v) is 8.19. The summed E-state index contributed by atoms with van der Waals surface area (Å²) in [7, 11) is 0. The van der Waals surface area contributed by atoms with Crippen molar-refractivity contribution in [1.29, 1.82) is 0 Å². The summed E-state index contributed by atoms with van der Waals surface area (Å²) in [6.45, 7) is 5.84. The fourth-order valence-electron chi connectivity index (χ4n) is 3.64. The summed E-state index contributed by atoms with van der Waals surface area (Å²) in [5.74, 6) is 1.95. The summed E-state index contributed by atoms with van der Waals surface area (Å²) in [5.41, 5.74) is 5.76. The molecular formula is C27H27ClN2O. The van der Waals surface area contributed by atoms with Crippen molar-refractivity contribution in [2.24, 2.45) is 0 Å². The van der Waals surface area contributed by atoms with Crippen LogP contribution in [0.25, 0.3) is 23.2 Å². The number of rotatable bonds is 8. The maximum Gasteiger partial charge on any atom is 0.133 e. The molecule has 4 rings (SSSR count). The van der Waals surface area contributed by atoms with E-state index in [0.717, 1.165) is 52.6 Å². The monoisotopic (exact) mass is 430 g/mol. The van der Waals surface area contributed by atoms with E-state index in [0.29, 0.717) is 6.61 Å². The van der Waals surface area contributed by atoms with Crippen LogP contribution in [0.5, 0.6) is 5.75 Å². The SMILES string of the molecule is Cc1cccc(OCCCCn2c(/C=C/c3ccc(Cl)cc3)nc3ccccc32)c1C. The Kier molecular flexibility index (Phi) is 6.73. The fourth-order valence-corrected chi connectivity index (χ4v) is 3.76. The molecule has 0 radical (unpaired) electrons. The molecule has 0 saturated carbocycles. The summed E-state index contributed by atoms with van der Waals surface area (Å²) in [4.78, 5) is 4.83.